The van der Waals surface area contributed by atoms with Crippen LogP contribution in [0.15, 0.2) is 24.3 Å². The number of primary amides is 1. The fourth-order valence-electron chi connectivity index (χ4n) is 1.50. The van der Waals surface area contributed by atoms with E-state index >= 15 is 0 Å². The van der Waals surface area contributed by atoms with Gasteiger partial charge in [0.25, 0.3) is 0 Å². The second-order valence-electron chi connectivity index (χ2n) is 3.62. The van der Waals surface area contributed by atoms with Gasteiger partial charge < -0.3 is 21.9 Å². The number of para-hydroxylation sites is 1. The average molecular weight is 237 g/mol. The Labute approximate surface area is 98.6 Å². The van der Waals surface area contributed by atoms with Gasteiger partial charge in [0, 0.05) is 18.2 Å². The molecule has 6 N–H and O–H groups in total. The van der Waals surface area contributed by atoms with Crippen LogP contribution in [0, 0.1) is 0 Å². The molecule has 0 fully saturated rings. The molecule has 0 radical (unpaired) electrons. The second-order valence-corrected chi connectivity index (χ2v) is 3.62. The molecular formula is C11H15N3O3. The first kappa shape index (κ1) is 13.0. The van der Waals surface area contributed by atoms with Crippen molar-refractivity contribution in [3.8, 4) is 0 Å². The number of carboxylic acids is 1. The summed E-state index contributed by atoms with van der Waals surface area (Å²) in [6, 6.07) is 5.77. The summed E-state index contributed by atoms with van der Waals surface area (Å²) in [7, 11) is 0. The number of benzene rings is 1. The summed E-state index contributed by atoms with van der Waals surface area (Å²) < 4.78 is 0. The number of nitrogens with one attached hydrogen (secondary N) is 1. The van der Waals surface area contributed by atoms with Crippen molar-refractivity contribution in [3.05, 3.63) is 29.8 Å². The zero-order valence-corrected chi connectivity index (χ0v) is 9.22. The zero-order chi connectivity index (χ0) is 12.8. The Kier molecular flexibility index (Phi) is 4.47. The molecule has 0 aromatic heterocycles. The summed E-state index contributed by atoms with van der Waals surface area (Å²) in [5, 5.41) is 11.0. The van der Waals surface area contributed by atoms with Crippen LogP contribution in [0.2, 0.25) is 0 Å². The van der Waals surface area contributed by atoms with E-state index in [4.69, 9.17) is 16.6 Å². The molecule has 1 unspecified atom stereocenters. The van der Waals surface area contributed by atoms with Crippen LogP contribution < -0.4 is 16.8 Å². The van der Waals surface area contributed by atoms with E-state index in [2.05, 4.69) is 5.32 Å². The third-order valence-corrected chi connectivity index (χ3v) is 2.29. The molecule has 6 heteroatoms. The molecular weight excluding hydrogens is 222 g/mol. The molecule has 0 aliphatic heterocycles. The van der Waals surface area contributed by atoms with E-state index in [1.54, 1.807) is 24.3 Å². The molecule has 2 amide bonds. The topological polar surface area (TPSA) is 118 Å². The maximum Gasteiger partial charge on any atom is 0.316 e. The van der Waals surface area contributed by atoms with Crippen LogP contribution in [0.5, 0.6) is 0 Å². The van der Waals surface area contributed by atoms with E-state index in [0.717, 1.165) is 0 Å². The van der Waals surface area contributed by atoms with Crippen molar-refractivity contribution in [2.24, 2.45) is 11.5 Å². The van der Waals surface area contributed by atoms with Crippen LogP contribution in [-0.4, -0.2) is 17.1 Å². The molecule has 0 spiro atoms. The molecule has 1 atom stereocenters. The van der Waals surface area contributed by atoms with Crippen molar-refractivity contribution in [1.82, 2.24) is 0 Å². The van der Waals surface area contributed by atoms with Crippen LogP contribution in [-0.2, 0) is 4.79 Å². The van der Waals surface area contributed by atoms with E-state index in [-0.39, 0.29) is 6.42 Å². The number of carbonyl (C=O) groups is 2. The van der Waals surface area contributed by atoms with Crippen LogP contribution >= 0.6 is 0 Å². The van der Waals surface area contributed by atoms with E-state index < -0.39 is 18.0 Å². The van der Waals surface area contributed by atoms with Gasteiger partial charge in [-0.3, -0.25) is 4.79 Å². The molecule has 1 aromatic carbocycles. The minimum absolute atomic E-state index is 0.0218. The van der Waals surface area contributed by atoms with Gasteiger partial charge in [-0.25, -0.2) is 4.79 Å². The number of urea groups is 1. The maximum absolute atomic E-state index is 10.8. The Bertz CT molecular complexity index is 420. The first-order valence-electron chi connectivity index (χ1n) is 5.13. The number of anilines is 1. The van der Waals surface area contributed by atoms with Crippen molar-refractivity contribution < 1.29 is 14.7 Å². The maximum atomic E-state index is 10.8. The minimum Gasteiger partial charge on any atom is -0.481 e. The van der Waals surface area contributed by atoms with E-state index in [1.165, 1.54) is 0 Å². The highest BCUT2D eigenvalue weighted by Crippen LogP contribution is 2.24. The van der Waals surface area contributed by atoms with E-state index in [9.17, 15) is 9.59 Å². The predicted octanol–water partition coefficient (Wildman–Crippen LogP) is 1.04. The van der Waals surface area contributed by atoms with Gasteiger partial charge in [0.15, 0.2) is 0 Å². The van der Waals surface area contributed by atoms with Crippen molar-refractivity contribution in [1.29, 1.82) is 0 Å². The molecule has 1 rings (SSSR count). The van der Waals surface area contributed by atoms with Gasteiger partial charge in [-0.15, -0.1) is 0 Å². The van der Waals surface area contributed by atoms with Crippen LogP contribution in [0.1, 0.15) is 24.4 Å². The summed E-state index contributed by atoms with van der Waals surface area (Å²) in [5.41, 5.74) is 12.1. The lowest BCUT2D eigenvalue weighted by Crippen LogP contribution is -2.22. The predicted molar refractivity (Wildman–Crippen MR) is 63.4 cm³/mol. The van der Waals surface area contributed by atoms with Gasteiger partial charge in [-0.2, -0.15) is 0 Å². The first-order valence-corrected chi connectivity index (χ1v) is 5.13. The number of rotatable bonds is 5. The number of carbonyl (C=O) groups excluding carboxylic acids is 1. The summed E-state index contributed by atoms with van der Waals surface area (Å²) in [6.07, 6.45) is 0.277. The Morgan fingerprint density at radius 2 is 2.00 bits per heavy atom. The lowest BCUT2D eigenvalue weighted by atomic mass is 10.0. The van der Waals surface area contributed by atoms with Gasteiger partial charge in [-0.05, 0) is 18.1 Å². The Hall–Kier alpha value is -2.08. The molecule has 0 saturated heterocycles. The van der Waals surface area contributed by atoms with Crippen LogP contribution in [0.25, 0.3) is 0 Å². The van der Waals surface area contributed by atoms with Crippen LogP contribution in [0.3, 0.4) is 0 Å². The largest absolute Gasteiger partial charge is 0.481 e. The standard InChI is InChI=1S/C11H15N3O3/c12-8(5-6-10(15)16)7-3-1-2-4-9(7)14-11(13)17/h1-4,8H,5-6,12H2,(H,15,16)(H3,13,14,17). The monoisotopic (exact) mass is 237 g/mol. The number of carboxylic acid groups (broad SMARTS) is 1. The van der Waals surface area contributed by atoms with Gasteiger partial charge in [0.05, 0.1) is 0 Å². The van der Waals surface area contributed by atoms with Crippen molar-refractivity contribution >= 4 is 17.7 Å². The fourth-order valence-corrected chi connectivity index (χ4v) is 1.50. The molecule has 0 aliphatic carbocycles. The summed E-state index contributed by atoms with van der Waals surface area (Å²) in [4.78, 5) is 21.2. The van der Waals surface area contributed by atoms with Crippen molar-refractivity contribution in [2.75, 3.05) is 5.32 Å². The number of aliphatic carboxylic acids is 1. The quantitative estimate of drug-likeness (QED) is 0.611. The SMILES string of the molecule is NC(=O)Nc1ccccc1C(N)CCC(=O)O. The molecule has 6 nitrogen and oxygen atoms in total. The summed E-state index contributed by atoms with van der Waals surface area (Å²) in [5.74, 6) is -0.902. The van der Waals surface area contributed by atoms with Gasteiger partial charge >= 0.3 is 12.0 Å². The molecule has 92 valence electrons. The fraction of sp³-hybridized carbons (Fsp3) is 0.273. The van der Waals surface area contributed by atoms with E-state index in [0.29, 0.717) is 17.7 Å². The summed E-state index contributed by atoms with van der Waals surface area (Å²) in [6.45, 7) is 0. The molecule has 0 bridgehead atoms. The minimum atomic E-state index is -0.902. The smallest absolute Gasteiger partial charge is 0.316 e. The molecule has 17 heavy (non-hydrogen) atoms. The second kappa shape index (κ2) is 5.86. The van der Waals surface area contributed by atoms with E-state index in [1.807, 2.05) is 0 Å². The number of hydrogen-bond acceptors (Lipinski definition) is 3. The Morgan fingerprint density at radius 1 is 1.35 bits per heavy atom. The molecule has 0 saturated carbocycles. The lowest BCUT2D eigenvalue weighted by molar-refractivity contribution is -0.137. The number of amides is 2. The van der Waals surface area contributed by atoms with Crippen LogP contribution in [0.4, 0.5) is 10.5 Å². The van der Waals surface area contributed by atoms with Crippen molar-refractivity contribution in [2.45, 2.75) is 18.9 Å². The Morgan fingerprint density at radius 3 is 2.59 bits per heavy atom. The highest BCUT2D eigenvalue weighted by molar-refractivity contribution is 5.88. The Balaban J connectivity index is 2.80. The highest BCUT2D eigenvalue weighted by atomic mass is 16.4. The molecule has 0 heterocycles. The van der Waals surface area contributed by atoms with Crippen molar-refractivity contribution in [3.63, 3.8) is 0 Å². The third kappa shape index (κ3) is 4.12. The third-order valence-electron chi connectivity index (χ3n) is 2.29. The zero-order valence-electron chi connectivity index (χ0n) is 9.22. The number of nitrogens with two attached hydrogens (primary N) is 2. The lowest BCUT2D eigenvalue weighted by Gasteiger charge is -2.15. The molecule has 0 aliphatic rings. The number of hydrogen-bond donors (Lipinski definition) is 4. The highest BCUT2D eigenvalue weighted by Gasteiger charge is 2.12. The van der Waals surface area contributed by atoms with Gasteiger partial charge in [0.2, 0.25) is 0 Å². The van der Waals surface area contributed by atoms with Gasteiger partial charge in [-0.1, -0.05) is 18.2 Å². The summed E-state index contributed by atoms with van der Waals surface area (Å²) >= 11 is 0. The normalized spacial score (nSPS) is 11.8. The van der Waals surface area contributed by atoms with Gasteiger partial charge in [0.1, 0.15) is 0 Å². The average Bonchev–Trinajstić information content (AvgIpc) is 2.25. The first-order chi connectivity index (χ1) is 8.00. The molecule has 1 aromatic rings.